The van der Waals surface area contributed by atoms with Crippen LogP contribution < -0.4 is 26.3 Å². The molecule has 10 heteroatoms. The van der Waals surface area contributed by atoms with Crippen molar-refractivity contribution in [1.82, 2.24) is 10.2 Å². The number of rotatable bonds is 7. The number of aliphatic hydroxyl groups is 1. The van der Waals surface area contributed by atoms with Crippen molar-refractivity contribution in [2.24, 2.45) is 11.5 Å². The number of nitrogens with one attached hydrogen (secondary N) is 1. The SMILES string of the molecule is NC[C@H](O)C(=O)NC1C[C@@H](C(=O)Oc2ccc(Oc3ccccc3)cc2)N(C(N)=O)C1. The number of primary amides is 1. The molecule has 2 aromatic rings. The van der Waals surface area contributed by atoms with Gasteiger partial charge in [-0.15, -0.1) is 0 Å². The lowest BCUT2D eigenvalue weighted by Crippen LogP contribution is -2.47. The Morgan fingerprint density at radius 1 is 1.06 bits per heavy atom. The topological polar surface area (TPSA) is 157 Å². The number of carbonyl (C=O) groups excluding carboxylic acids is 3. The van der Waals surface area contributed by atoms with Crippen molar-refractivity contribution in [2.45, 2.75) is 24.6 Å². The molecule has 1 aliphatic rings. The summed E-state index contributed by atoms with van der Waals surface area (Å²) < 4.78 is 11.1. The van der Waals surface area contributed by atoms with E-state index in [0.29, 0.717) is 11.5 Å². The first-order valence-electron chi connectivity index (χ1n) is 9.66. The fourth-order valence-electron chi connectivity index (χ4n) is 3.20. The molecule has 3 rings (SSSR count). The molecule has 1 fully saturated rings. The molecular weight excluding hydrogens is 404 g/mol. The quantitative estimate of drug-likeness (QED) is 0.366. The van der Waals surface area contributed by atoms with Gasteiger partial charge in [0.1, 0.15) is 29.4 Å². The molecule has 10 nitrogen and oxygen atoms in total. The molecule has 1 aliphatic heterocycles. The van der Waals surface area contributed by atoms with Gasteiger partial charge in [0.15, 0.2) is 0 Å². The molecule has 0 aliphatic carbocycles. The molecule has 0 bridgehead atoms. The van der Waals surface area contributed by atoms with E-state index in [1.807, 2.05) is 30.3 Å². The summed E-state index contributed by atoms with van der Waals surface area (Å²) in [7, 11) is 0. The molecule has 0 spiro atoms. The molecule has 0 saturated carbocycles. The lowest BCUT2D eigenvalue weighted by atomic mass is 10.1. The Hall–Kier alpha value is -3.63. The van der Waals surface area contributed by atoms with Gasteiger partial charge in [-0.1, -0.05) is 18.2 Å². The summed E-state index contributed by atoms with van der Waals surface area (Å²) in [6.45, 7) is -0.227. The molecule has 1 heterocycles. The number of amides is 3. The van der Waals surface area contributed by atoms with Crippen molar-refractivity contribution in [3.63, 3.8) is 0 Å². The first kappa shape index (κ1) is 22.1. The van der Waals surface area contributed by atoms with Gasteiger partial charge >= 0.3 is 12.0 Å². The number of nitrogens with two attached hydrogens (primary N) is 2. The molecule has 2 aromatic carbocycles. The highest BCUT2D eigenvalue weighted by Crippen LogP contribution is 2.25. The Morgan fingerprint density at radius 3 is 2.29 bits per heavy atom. The summed E-state index contributed by atoms with van der Waals surface area (Å²) in [5.41, 5.74) is 10.6. The maximum Gasteiger partial charge on any atom is 0.334 e. The largest absolute Gasteiger partial charge is 0.457 e. The number of aliphatic hydroxyl groups excluding tert-OH is 1. The van der Waals surface area contributed by atoms with E-state index in [9.17, 15) is 19.5 Å². The predicted molar refractivity (Wildman–Crippen MR) is 110 cm³/mol. The highest BCUT2D eigenvalue weighted by Gasteiger charge is 2.41. The van der Waals surface area contributed by atoms with E-state index in [0.717, 1.165) is 4.90 Å². The molecule has 6 N–H and O–H groups in total. The molecule has 3 amide bonds. The van der Waals surface area contributed by atoms with Crippen LogP contribution in [0, 0.1) is 0 Å². The number of carbonyl (C=O) groups is 3. The van der Waals surface area contributed by atoms with E-state index in [2.05, 4.69) is 5.32 Å². The number of benzene rings is 2. The highest BCUT2D eigenvalue weighted by atomic mass is 16.5. The number of esters is 1. The first-order chi connectivity index (χ1) is 14.9. The van der Waals surface area contributed by atoms with Crippen LogP contribution in [0.5, 0.6) is 17.2 Å². The van der Waals surface area contributed by atoms with E-state index < -0.39 is 36.1 Å². The van der Waals surface area contributed by atoms with E-state index in [4.69, 9.17) is 20.9 Å². The predicted octanol–water partition coefficient (Wildman–Crippen LogP) is 0.342. The van der Waals surface area contributed by atoms with Gasteiger partial charge in [0.05, 0.1) is 0 Å². The maximum atomic E-state index is 12.6. The van der Waals surface area contributed by atoms with E-state index in [-0.39, 0.29) is 25.3 Å². The van der Waals surface area contributed by atoms with Crippen LogP contribution in [0.2, 0.25) is 0 Å². The van der Waals surface area contributed by atoms with Gasteiger partial charge in [0.2, 0.25) is 5.91 Å². The van der Waals surface area contributed by atoms with Gasteiger partial charge < -0.3 is 36.3 Å². The molecule has 0 aromatic heterocycles. The third kappa shape index (κ3) is 5.71. The van der Waals surface area contributed by atoms with Crippen molar-refractivity contribution in [3.8, 4) is 17.2 Å². The maximum absolute atomic E-state index is 12.6. The Bertz CT molecular complexity index is 921. The zero-order chi connectivity index (χ0) is 22.4. The number of hydrogen-bond donors (Lipinski definition) is 4. The molecule has 31 heavy (non-hydrogen) atoms. The summed E-state index contributed by atoms with van der Waals surface area (Å²) in [4.78, 5) is 37.3. The second kappa shape index (κ2) is 9.92. The lowest BCUT2D eigenvalue weighted by Gasteiger charge is -2.20. The van der Waals surface area contributed by atoms with Gasteiger partial charge in [0, 0.05) is 25.6 Å². The molecule has 164 valence electrons. The molecule has 0 radical (unpaired) electrons. The Balaban J connectivity index is 1.61. The summed E-state index contributed by atoms with van der Waals surface area (Å²) >= 11 is 0. The summed E-state index contributed by atoms with van der Waals surface area (Å²) in [5.74, 6) is 0.127. The van der Waals surface area contributed by atoms with Crippen molar-refractivity contribution in [2.75, 3.05) is 13.1 Å². The van der Waals surface area contributed by atoms with Crippen molar-refractivity contribution < 1.29 is 29.0 Å². The smallest absolute Gasteiger partial charge is 0.334 e. The minimum atomic E-state index is -1.37. The summed E-state index contributed by atoms with van der Waals surface area (Å²) in [5, 5.41) is 12.1. The molecule has 1 unspecified atom stereocenters. The van der Waals surface area contributed by atoms with Crippen LogP contribution in [0.1, 0.15) is 6.42 Å². The van der Waals surface area contributed by atoms with E-state index >= 15 is 0 Å². The van der Waals surface area contributed by atoms with Gasteiger partial charge in [-0.25, -0.2) is 9.59 Å². The van der Waals surface area contributed by atoms with E-state index in [1.54, 1.807) is 24.3 Å². The second-order valence-electron chi connectivity index (χ2n) is 7.01. The normalized spacial score (nSPS) is 18.8. The van der Waals surface area contributed by atoms with Crippen molar-refractivity contribution in [1.29, 1.82) is 0 Å². The van der Waals surface area contributed by atoms with Gasteiger partial charge in [-0.05, 0) is 36.4 Å². The number of para-hydroxylation sites is 1. The van der Waals surface area contributed by atoms with Crippen LogP contribution in [0.25, 0.3) is 0 Å². The fraction of sp³-hybridized carbons (Fsp3) is 0.286. The Morgan fingerprint density at radius 2 is 1.68 bits per heavy atom. The summed E-state index contributed by atoms with van der Waals surface area (Å²) in [6.07, 6.45) is -1.27. The standard InChI is InChI=1S/C21H24N4O6/c22-11-18(26)19(27)24-13-10-17(25(12-13)21(23)29)20(28)31-16-8-6-15(7-9-16)30-14-4-2-1-3-5-14/h1-9,13,17-18,26H,10-12,22H2,(H2,23,29)(H,24,27)/t13?,17-,18-/m0/s1. The molecule has 3 atom stereocenters. The minimum Gasteiger partial charge on any atom is -0.457 e. The van der Waals surface area contributed by atoms with Gasteiger partial charge in [-0.2, -0.15) is 0 Å². The van der Waals surface area contributed by atoms with Crippen LogP contribution in [0.3, 0.4) is 0 Å². The number of nitrogens with zero attached hydrogens (tertiary/aromatic N) is 1. The summed E-state index contributed by atoms with van der Waals surface area (Å²) in [6, 6.07) is 13.3. The van der Waals surface area contributed by atoms with Crippen LogP contribution in [-0.2, 0) is 9.59 Å². The minimum absolute atomic E-state index is 0.0159. The average molecular weight is 428 g/mol. The average Bonchev–Trinajstić information content (AvgIpc) is 3.19. The van der Waals surface area contributed by atoms with Crippen LogP contribution in [-0.4, -0.2) is 59.2 Å². The zero-order valence-electron chi connectivity index (χ0n) is 16.6. The molecular formula is C21H24N4O6. The molecule has 1 saturated heterocycles. The number of ether oxygens (including phenoxy) is 2. The highest BCUT2D eigenvalue weighted by molar-refractivity contribution is 5.86. The van der Waals surface area contributed by atoms with Gasteiger partial charge in [0.25, 0.3) is 0 Å². The van der Waals surface area contributed by atoms with Crippen molar-refractivity contribution in [3.05, 3.63) is 54.6 Å². The number of likely N-dealkylation sites (tertiary alicyclic amines) is 1. The van der Waals surface area contributed by atoms with Gasteiger partial charge in [-0.3, -0.25) is 4.79 Å². The lowest BCUT2D eigenvalue weighted by molar-refractivity contribution is -0.138. The van der Waals surface area contributed by atoms with Crippen molar-refractivity contribution >= 4 is 17.9 Å². The van der Waals surface area contributed by atoms with Crippen LogP contribution in [0.4, 0.5) is 4.79 Å². The Labute approximate surface area is 178 Å². The Kier molecular flexibility index (Phi) is 7.06. The first-order valence-corrected chi connectivity index (χ1v) is 9.66. The van der Waals surface area contributed by atoms with Crippen LogP contribution in [0.15, 0.2) is 54.6 Å². The number of urea groups is 1. The fourth-order valence-corrected chi connectivity index (χ4v) is 3.20. The monoisotopic (exact) mass is 428 g/mol. The second-order valence-corrected chi connectivity index (χ2v) is 7.01. The third-order valence-corrected chi connectivity index (χ3v) is 4.75. The van der Waals surface area contributed by atoms with Crippen LogP contribution >= 0.6 is 0 Å². The van der Waals surface area contributed by atoms with E-state index in [1.165, 1.54) is 0 Å². The number of hydrogen-bond acceptors (Lipinski definition) is 7. The third-order valence-electron chi connectivity index (χ3n) is 4.75. The zero-order valence-corrected chi connectivity index (χ0v) is 16.6.